The molecule has 0 saturated heterocycles. The molecule has 0 amide bonds. The van der Waals surface area contributed by atoms with Crippen molar-refractivity contribution < 1.29 is 4.42 Å². The van der Waals surface area contributed by atoms with E-state index in [9.17, 15) is 0 Å². The molecule has 3 aromatic heterocycles. The molecule has 0 N–H and O–H groups in total. The Kier molecular flexibility index (Phi) is 2.69. The minimum Gasteiger partial charge on any atom is -0.414 e. The van der Waals surface area contributed by atoms with Crippen molar-refractivity contribution in [2.24, 2.45) is 0 Å². The van der Waals surface area contributed by atoms with Gasteiger partial charge in [0.2, 0.25) is 0 Å². The minimum absolute atomic E-state index is 0.363. The van der Waals surface area contributed by atoms with Gasteiger partial charge in [0, 0.05) is 0 Å². The summed E-state index contributed by atoms with van der Waals surface area (Å²) in [5.41, 5.74) is 0.551. The molecule has 3 heterocycles. The van der Waals surface area contributed by atoms with Crippen molar-refractivity contribution >= 4 is 27.3 Å². The second kappa shape index (κ2) is 4.34. The molecule has 7 heteroatoms. The van der Waals surface area contributed by atoms with Crippen molar-refractivity contribution in [2.45, 2.75) is 0 Å². The molecular formula is C10H5BrN4OS. The summed E-state index contributed by atoms with van der Waals surface area (Å²) in [6, 6.07) is 3.86. The quantitative estimate of drug-likeness (QED) is 0.728. The fourth-order valence-corrected chi connectivity index (χ4v) is 2.23. The molecule has 0 spiro atoms. The van der Waals surface area contributed by atoms with Gasteiger partial charge in [-0.05, 0) is 27.4 Å². The van der Waals surface area contributed by atoms with Crippen molar-refractivity contribution in [2.75, 3.05) is 0 Å². The summed E-state index contributed by atoms with van der Waals surface area (Å²) < 4.78 is 6.16. The van der Waals surface area contributed by atoms with E-state index < -0.39 is 0 Å². The van der Waals surface area contributed by atoms with Gasteiger partial charge in [0.1, 0.15) is 10.3 Å². The molecule has 0 fully saturated rings. The predicted molar refractivity (Wildman–Crippen MR) is 66.3 cm³/mol. The number of hydrogen-bond donors (Lipinski definition) is 0. The van der Waals surface area contributed by atoms with E-state index >= 15 is 0 Å². The Labute approximate surface area is 109 Å². The molecule has 5 nitrogen and oxygen atoms in total. The first kappa shape index (κ1) is 10.5. The Bertz CT molecular complexity index is 637. The average molecular weight is 309 g/mol. The van der Waals surface area contributed by atoms with Crippen LogP contribution < -0.4 is 0 Å². The van der Waals surface area contributed by atoms with Gasteiger partial charge in [-0.2, -0.15) is 0 Å². The van der Waals surface area contributed by atoms with E-state index in [0.717, 1.165) is 4.88 Å². The Balaban J connectivity index is 2.01. The van der Waals surface area contributed by atoms with Gasteiger partial charge in [0.05, 0.1) is 17.3 Å². The highest BCUT2D eigenvalue weighted by atomic mass is 79.9. The molecule has 3 aromatic rings. The molecule has 0 aliphatic rings. The van der Waals surface area contributed by atoms with Gasteiger partial charge in [0.15, 0.2) is 0 Å². The Hall–Kier alpha value is -1.60. The standard InChI is InChI=1S/C10H5BrN4OS/c11-8-5-12-4-6(13-8)9-14-15-10(16-9)7-2-1-3-17-7/h1-5H. The predicted octanol–water partition coefficient (Wildman–Crippen LogP) is 3.02. The van der Waals surface area contributed by atoms with Gasteiger partial charge in [0.25, 0.3) is 11.8 Å². The first-order valence-corrected chi connectivity index (χ1v) is 6.35. The number of hydrogen-bond acceptors (Lipinski definition) is 6. The van der Waals surface area contributed by atoms with E-state index in [-0.39, 0.29) is 0 Å². The van der Waals surface area contributed by atoms with Crippen LogP contribution in [0.1, 0.15) is 0 Å². The number of thiophene rings is 1. The molecule has 0 aliphatic heterocycles. The largest absolute Gasteiger partial charge is 0.414 e. The van der Waals surface area contributed by atoms with E-state index in [1.54, 1.807) is 23.7 Å². The Morgan fingerprint density at radius 3 is 2.82 bits per heavy atom. The van der Waals surface area contributed by atoms with Gasteiger partial charge in [-0.25, -0.2) is 4.98 Å². The fourth-order valence-electron chi connectivity index (χ4n) is 1.27. The molecule has 0 atom stereocenters. The van der Waals surface area contributed by atoms with Crippen LogP contribution in [0.2, 0.25) is 0 Å². The van der Waals surface area contributed by atoms with Crippen molar-refractivity contribution in [3.8, 4) is 22.4 Å². The van der Waals surface area contributed by atoms with E-state index in [1.165, 1.54) is 0 Å². The maximum atomic E-state index is 5.53. The second-order valence-electron chi connectivity index (χ2n) is 3.12. The normalized spacial score (nSPS) is 10.6. The zero-order chi connectivity index (χ0) is 11.7. The van der Waals surface area contributed by atoms with Crippen LogP contribution in [0, 0.1) is 0 Å². The zero-order valence-corrected chi connectivity index (χ0v) is 10.8. The first-order chi connectivity index (χ1) is 8.33. The lowest BCUT2D eigenvalue weighted by Gasteiger charge is -1.93. The third-order valence-corrected chi connectivity index (χ3v) is 3.22. The molecule has 0 aliphatic carbocycles. The lowest BCUT2D eigenvalue weighted by molar-refractivity contribution is 0.583. The molecule has 3 rings (SSSR count). The van der Waals surface area contributed by atoms with Gasteiger partial charge < -0.3 is 4.42 Å². The van der Waals surface area contributed by atoms with Gasteiger partial charge in [-0.3, -0.25) is 4.98 Å². The van der Waals surface area contributed by atoms with E-state index in [2.05, 4.69) is 36.1 Å². The summed E-state index contributed by atoms with van der Waals surface area (Å²) in [5, 5.41) is 9.88. The monoisotopic (exact) mass is 308 g/mol. The van der Waals surface area contributed by atoms with Crippen LogP contribution >= 0.6 is 27.3 Å². The van der Waals surface area contributed by atoms with E-state index in [1.807, 2.05) is 17.5 Å². The van der Waals surface area contributed by atoms with Gasteiger partial charge in [-0.1, -0.05) is 6.07 Å². The Morgan fingerprint density at radius 1 is 1.18 bits per heavy atom. The molecule has 84 valence electrons. The molecule has 0 bridgehead atoms. The SMILES string of the molecule is Brc1cncc(-c2nnc(-c3cccs3)o2)n1. The van der Waals surface area contributed by atoms with Crippen molar-refractivity contribution in [3.05, 3.63) is 34.5 Å². The number of rotatable bonds is 2. The summed E-state index contributed by atoms with van der Waals surface area (Å²) in [4.78, 5) is 9.13. The van der Waals surface area contributed by atoms with Gasteiger partial charge >= 0.3 is 0 Å². The summed E-state index contributed by atoms with van der Waals surface area (Å²) in [7, 11) is 0. The van der Waals surface area contributed by atoms with Crippen molar-refractivity contribution in [1.29, 1.82) is 0 Å². The molecule has 0 unspecified atom stereocenters. The van der Waals surface area contributed by atoms with E-state index in [4.69, 9.17) is 4.42 Å². The van der Waals surface area contributed by atoms with Crippen molar-refractivity contribution in [3.63, 3.8) is 0 Å². The molecule has 17 heavy (non-hydrogen) atoms. The molecule has 0 saturated carbocycles. The van der Waals surface area contributed by atoms with Crippen LogP contribution in [0.15, 0.2) is 38.9 Å². The van der Waals surface area contributed by atoms with Crippen LogP contribution in [0.4, 0.5) is 0 Å². The van der Waals surface area contributed by atoms with Gasteiger partial charge in [-0.15, -0.1) is 21.5 Å². The molecule has 0 radical (unpaired) electrons. The van der Waals surface area contributed by atoms with Crippen LogP contribution in [0.5, 0.6) is 0 Å². The topological polar surface area (TPSA) is 64.7 Å². The van der Waals surface area contributed by atoms with Crippen molar-refractivity contribution in [1.82, 2.24) is 20.2 Å². The zero-order valence-electron chi connectivity index (χ0n) is 8.37. The second-order valence-corrected chi connectivity index (χ2v) is 4.88. The highest BCUT2D eigenvalue weighted by molar-refractivity contribution is 9.10. The highest BCUT2D eigenvalue weighted by Gasteiger charge is 2.12. The molecular weight excluding hydrogens is 304 g/mol. The van der Waals surface area contributed by atoms with Crippen LogP contribution in [0.25, 0.3) is 22.4 Å². The number of aromatic nitrogens is 4. The summed E-state index contributed by atoms with van der Waals surface area (Å²) in [6.45, 7) is 0. The summed E-state index contributed by atoms with van der Waals surface area (Å²) in [6.07, 6.45) is 3.18. The Morgan fingerprint density at radius 2 is 2.06 bits per heavy atom. The lowest BCUT2D eigenvalue weighted by atomic mass is 10.4. The third kappa shape index (κ3) is 2.11. The number of halogens is 1. The van der Waals surface area contributed by atoms with Crippen LogP contribution in [-0.2, 0) is 0 Å². The first-order valence-electron chi connectivity index (χ1n) is 4.68. The van der Waals surface area contributed by atoms with E-state index in [0.29, 0.717) is 22.1 Å². The summed E-state index contributed by atoms with van der Waals surface area (Å²) in [5.74, 6) is 0.860. The average Bonchev–Trinajstić information content (AvgIpc) is 3.00. The fraction of sp³-hybridized carbons (Fsp3) is 0. The maximum absolute atomic E-state index is 5.53. The smallest absolute Gasteiger partial charge is 0.268 e. The minimum atomic E-state index is 0.363. The molecule has 0 aromatic carbocycles. The lowest BCUT2D eigenvalue weighted by Crippen LogP contribution is -1.86. The third-order valence-electron chi connectivity index (χ3n) is 1.98. The van der Waals surface area contributed by atoms with Crippen LogP contribution in [0.3, 0.4) is 0 Å². The highest BCUT2D eigenvalue weighted by Crippen LogP contribution is 2.26. The summed E-state index contributed by atoms with van der Waals surface area (Å²) >= 11 is 4.79. The maximum Gasteiger partial charge on any atom is 0.268 e. The number of nitrogens with zero attached hydrogens (tertiary/aromatic N) is 4. The van der Waals surface area contributed by atoms with Crippen LogP contribution in [-0.4, -0.2) is 20.2 Å².